The van der Waals surface area contributed by atoms with Crippen LogP contribution in [-0.2, 0) is 48.7 Å². The summed E-state index contributed by atoms with van der Waals surface area (Å²) in [6, 6.07) is 5.38. The first-order valence-electron chi connectivity index (χ1n) is 24.4. The normalized spacial score (nSPS) is 15.7. The summed E-state index contributed by atoms with van der Waals surface area (Å²) < 4.78 is 37.3. The maximum Gasteiger partial charge on any atom is 0.508 e. The number of carbonyl (C=O) groups is 4. The van der Waals surface area contributed by atoms with Crippen molar-refractivity contribution >= 4 is 128 Å². The Labute approximate surface area is 455 Å². The van der Waals surface area contributed by atoms with Crippen LogP contribution in [0.4, 0.5) is 9.59 Å². The summed E-state index contributed by atoms with van der Waals surface area (Å²) in [4.78, 5) is 58.1. The second-order valence-electron chi connectivity index (χ2n) is 19.8. The van der Waals surface area contributed by atoms with Crippen molar-refractivity contribution in [3.63, 3.8) is 0 Å². The van der Waals surface area contributed by atoms with Crippen molar-refractivity contribution in [2.75, 3.05) is 13.2 Å². The smallest absolute Gasteiger partial charge is 0.460 e. The van der Waals surface area contributed by atoms with E-state index in [1.54, 1.807) is 41.5 Å². The van der Waals surface area contributed by atoms with Crippen molar-refractivity contribution < 1.29 is 51.7 Å². The Balaban J connectivity index is 3.43. The first-order valence-corrected chi connectivity index (χ1v) is 32.6. The molecule has 0 spiro atoms. The highest BCUT2D eigenvalue weighted by Crippen LogP contribution is 2.39. The first-order chi connectivity index (χ1) is 32.2. The fraction of sp³-hybridized carbons (Fsp3) is 0.776. The van der Waals surface area contributed by atoms with Crippen molar-refractivity contribution in [1.29, 1.82) is 0 Å². The highest BCUT2D eigenvalue weighted by Gasteiger charge is 2.48. The maximum atomic E-state index is 14.9. The van der Waals surface area contributed by atoms with Crippen LogP contribution in [0, 0.1) is 17.3 Å². The highest BCUT2D eigenvalue weighted by atomic mass is 35.6. The average molecular weight is 1160 g/mol. The lowest BCUT2D eigenvalue weighted by Gasteiger charge is -2.42. The predicted octanol–water partition coefficient (Wildman–Crippen LogP) is 16.3. The number of ketones is 1. The molecular formula is C49H81Cl6NO11SSi2. The quantitative estimate of drug-likeness (QED) is 0.0238. The maximum absolute atomic E-state index is 14.9. The first kappa shape index (κ1) is 66.9. The van der Waals surface area contributed by atoms with E-state index >= 15 is 0 Å². The minimum atomic E-state index is -2.34. The second-order valence-corrected chi connectivity index (χ2v) is 35.2. The molecule has 404 valence electrons. The van der Waals surface area contributed by atoms with Gasteiger partial charge in [-0.1, -0.05) is 150 Å². The number of hydrogen-bond acceptors (Lipinski definition) is 13. The van der Waals surface area contributed by atoms with E-state index in [0.29, 0.717) is 23.5 Å². The van der Waals surface area contributed by atoms with Crippen LogP contribution in [0.1, 0.15) is 147 Å². The van der Waals surface area contributed by atoms with Gasteiger partial charge in [-0.2, -0.15) is 0 Å². The van der Waals surface area contributed by atoms with E-state index in [0.717, 1.165) is 60.3 Å². The average Bonchev–Trinajstić information content (AvgIpc) is 3.73. The molecule has 0 unspecified atom stereocenters. The Morgan fingerprint density at radius 2 is 1.27 bits per heavy atom. The van der Waals surface area contributed by atoms with E-state index in [2.05, 4.69) is 59.5 Å². The zero-order valence-corrected chi connectivity index (χ0v) is 51.5. The molecule has 0 aromatic carbocycles. The monoisotopic (exact) mass is 1160 g/mol. The molecule has 0 aliphatic carbocycles. The minimum Gasteiger partial charge on any atom is -0.460 e. The summed E-state index contributed by atoms with van der Waals surface area (Å²) in [6.07, 6.45) is 2.85. The van der Waals surface area contributed by atoms with Crippen LogP contribution in [-0.4, -0.2) is 90.4 Å². The van der Waals surface area contributed by atoms with Gasteiger partial charge in [0.25, 0.3) is 0 Å². The van der Waals surface area contributed by atoms with E-state index in [9.17, 15) is 19.2 Å². The third-order valence-electron chi connectivity index (χ3n) is 12.9. The van der Waals surface area contributed by atoms with Crippen molar-refractivity contribution in [2.24, 2.45) is 17.3 Å². The minimum absolute atomic E-state index is 0.0978. The van der Waals surface area contributed by atoms with Gasteiger partial charge in [0.15, 0.2) is 16.6 Å². The molecule has 1 aromatic heterocycles. The van der Waals surface area contributed by atoms with Crippen LogP contribution in [0.25, 0.3) is 6.08 Å². The summed E-state index contributed by atoms with van der Waals surface area (Å²) in [7, 11) is -4.39. The van der Waals surface area contributed by atoms with Gasteiger partial charge < -0.3 is 32.5 Å². The molecule has 0 amide bonds. The molecule has 0 aliphatic rings. The van der Waals surface area contributed by atoms with Crippen molar-refractivity contribution in [1.82, 2.24) is 4.98 Å². The summed E-state index contributed by atoms with van der Waals surface area (Å²) >= 11 is 36.0. The van der Waals surface area contributed by atoms with Crippen LogP contribution in [0.15, 0.2) is 22.6 Å². The molecule has 70 heavy (non-hydrogen) atoms. The molecule has 1 rings (SSSR count). The number of alkyl halides is 6. The Kier molecular flexibility index (Phi) is 29.1. The topological polar surface area (TPSA) is 146 Å². The molecule has 0 fully saturated rings. The van der Waals surface area contributed by atoms with Crippen molar-refractivity contribution in [3.8, 4) is 0 Å². The third-order valence-corrected chi connectivity index (χ3v) is 23.7. The number of carbonyl (C=O) groups excluding carboxylic acids is 4. The van der Waals surface area contributed by atoms with Gasteiger partial charge in [-0.05, 0) is 114 Å². The number of hydrogen-bond donors (Lipinski definition) is 0. The van der Waals surface area contributed by atoms with Gasteiger partial charge in [0, 0.05) is 10.8 Å². The highest BCUT2D eigenvalue weighted by molar-refractivity contribution is 7.09. The molecule has 5 atom stereocenters. The Bertz CT molecular complexity index is 1840. The number of ether oxygens (including phenoxy) is 5. The van der Waals surface area contributed by atoms with Crippen LogP contribution < -0.4 is 0 Å². The molecule has 0 aliphatic heterocycles. The lowest BCUT2D eigenvalue weighted by molar-refractivity contribution is -0.160. The van der Waals surface area contributed by atoms with Crippen molar-refractivity contribution in [3.05, 3.63) is 33.3 Å². The largest absolute Gasteiger partial charge is 0.508 e. The van der Waals surface area contributed by atoms with Gasteiger partial charge in [-0.25, -0.2) is 14.6 Å². The summed E-state index contributed by atoms with van der Waals surface area (Å²) in [6.45, 7) is 28.6. The molecule has 0 N–H and O–H groups in total. The van der Waals surface area contributed by atoms with Gasteiger partial charge in [0.1, 0.15) is 42.3 Å². The number of esters is 1. The number of Topliss-reactive ketones (excluding diaryl/α,β-unsaturated/α-hetero) is 1. The molecule has 0 saturated carbocycles. The van der Waals surface area contributed by atoms with Gasteiger partial charge in [-0.15, -0.1) is 11.3 Å². The molecule has 12 nitrogen and oxygen atoms in total. The zero-order valence-electron chi connectivity index (χ0n) is 44.1. The van der Waals surface area contributed by atoms with E-state index in [1.807, 2.05) is 25.3 Å². The van der Waals surface area contributed by atoms with Crippen molar-refractivity contribution in [2.45, 2.75) is 210 Å². The number of thiazole rings is 1. The van der Waals surface area contributed by atoms with Gasteiger partial charge in [0.2, 0.25) is 7.59 Å². The predicted molar refractivity (Wildman–Crippen MR) is 293 cm³/mol. The summed E-state index contributed by atoms with van der Waals surface area (Å²) in [5, 5.41) is 2.46. The second kappa shape index (κ2) is 30.4. The SMILES string of the molecule is CC[Si](CC)(CC)O[C@@H](C/C=C(/C)CCC[C@H](C)[C@H](OC(=O)OCC(Cl)(Cl)Cl)[C@@H](C)C(=O)C(C)(C)[C@H](CC(=O)OC(C)(C)C)O[Si](CC)(CC)CC)/C(C)=C/c1csc(COC(=O)OCC(Cl)(Cl)Cl)n1. The third kappa shape index (κ3) is 24.5. The molecule has 21 heteroatoms. The summed E-state index contributed by atoms with van der Waals surface area (Å²) in [5.74, 6) is -1.83. The van der Waals surface area contributed by atoms with Crippen LogP contribution in [0.5, 0.6) is 0 Å². The van der Waals surface area contributed by atoms with E-state index in [-0.39, 0.29) is 30.8 Å². The van der Waals surface area contributed by atoms with E-state index in [4.69, 9.17) is 102 Å². The molecule has 1 heterocycles. The lowest BCUT2D eigenvalue weighted by atomic mass is 9.73. The molecule has 1 aromatic rings. The van der Waals surface area contributed by atoms with Crippen LogP contribution >= 0.6 is 80.9 Å². The molecular weight excluding hydrogens is 1080 g/mol. The Morgan fingerprint density at radius 1 is 0.757 bits per heavy atom. The number of aromatic nitrogens is 1. The number of halogens is 6. The van der Waals surface area contributed by atoms with E-state index in [1.165, 1.54) is 11.3 Å². The van der Waals surface area contributed by atoms with Crippen LogP contribution in [0.2, 0.25) is 36.3 Å². The fourth-order valence-electron chi connectivity index (χ4n) is 8.17. The van der Waals surface area contributed by atoms with Crippen LogP contribution in [0.3, 0.4) is 0 Å². The van der Waals surface area contributed by atoms with Gasteiger partial charge >= 0.3 is 18.3 Å². The standard InChI is InChI=1S/C49H81Cl6NO11SSi2/c1-16-69(17-2,18-3)66-38(35(9)27-37-30-68-40(56-37)29-61-44(59)62-31-48(50,51)52)26-25-33(7)23-22-24-34(8)42(64-45(60)63-32-49(53,54)55)36(10)43(58)47(14,15)39(28-41(57)65-46(11,12)13)67-70(19-4,20-5)21-6/h25,27,30,34,36,38-39,42H,16-24,26,28-29,31-32H2,1-15H3/b33-25-,35-27+/t34-,36+,38-,39-,42-/m0/s1. The lowest BCUT2D eigenvalue weighted by Crippen LogP contribution is -2.52. The van der Waals surface area contributed by atoms with Gasteiger partial charge in [-0.3, -0.25) is 9.59 Å². The zero-order chi connectivity index (χ0) is 53.9. The molecule has 0 bridgehead atoms. The number of nitrogens with zero attached hydrogens (tertiary/aromatic N) is 1. The van der Waals surface area contributed by atoms with E-state index < -0.39 is 84.9 Å². The molecule has 0 radical (unpaired) electrons. The Morgan fingerprint density at radius 3 is 1.77 bits per heavy atom. The fourth-order valence-corrected chi connectivity index (χ4v) is 15.0. The Hall–Kier alpha value is -1.12. The number of allylic oxidation sites excluding steroid dienone is 1. The number of rotatable bonds is 30. The summed E-state index contributed by atoms with van der Waals surface area (Å²) in [5.41, 5.74) is 0.967. The van der Waals surface area contributed by atoms with Gasteiger partial charge in [0.05, 0.1) is 30.2 Å². The molecule has 0 saturated heterocycles.